The van der Waals surface area contributed by atoms with E-state index in [-0.39, 0.29) is 11.9 Å². The Morgan fingerprint density at radius 3 is 2.52 bits per heavy atom. The summed E-state index contributed by atoms with van der Waals surface area (Å²) in [6.07, 6.45) is 3.12. The van der Waals surface area contributed by atoms with Crippen molar-refractivity contribution in [2.24, 2.45) is 0 Å². The summed E-state index contributed by atoms with van der Waals surface area (Å²) >= 11 is 0. The van der Waals surface area contributed by atoms with Crippen LogP contribution in [0.25, 0.3) is 11.4 Å². The summed E-state index contributed by atoms with van der Waals surface area (Å²) in [7, 11) is 0. The lowest BCUT2D eigenvalue weighted by molar-refractivity contribution is 0.102. The number of nitrogens with one attached hydrogen (secondary N) is 2. The van der Waals surface area contributed by atoms with Gasteiger partial charge in [0.05, 0.1) is 0 Å². The molecule has 0 saturated carbocycles. The van der Waals surface area contributed by atoms with Gasteiger partial charge in [0.2, 0.25) is 5.95 Å². The highest BCUT2D eigenvalue weighted by Crippen LogP contribution is 2.16. The molecule has 2 N–H and O–H groups in total. The number of benzene rings is 1. The van der Waals surface area contributed by atoms with E-state index in [1.807, 2.05) is 31.2 Å². The molecule has 2 heterocycles. The van der Waals surface area contributed by atoms with E-state index in [1.165, 1.54) is 5.56 Å². The van der Waals surface area contributed by atoms with Crippen LogP contribution in [0.5, 0.6) is 0 Å². The quantitative estimate of drug-likeness (QED) is 0.771. The molecule has 1 amide bonds. The second kappa shape index (κ2) is 5.54. The minimum absolute atomic E-state index is 0.243. The van der Waals surface area contributed by atoms with E-state index < -0.39 is 0 Å². The fraction of sp³-hybridized carbons (Fsp3) is 0.0667. The van der Waals surface area contributed by atoms with Crippen molar-refractivity contribution in [2.75, 3.05) is 5.32 Å². The van der Waals surface area contributed by atoms with Crippen LogP contribution >= 0.6 is 0 Å². The number of hydrogen-bond acceptors (Lipinski definition) is 4. The maximum atomic E-state index is 12.0. The largest absolute Gasteiger partial charge is 0.289 e. The summed E-state index contributed by atoms with van der Waals surface area (Å²) in [5, 5.41) is 9.45. The number of amides is 1. The molecule has 0 spiro atoms. The van der Waals surface area contributed by atoms with Gasteiger partial charge < -0.3 is 0 Å². The molecule has 6 nitrogen and oxygen atoms in total. The monoisotopic (exact) mass is 279 g/mol. The van der Waals surface area contributed by atoms with Crippen LogP contribution in [0.15, 0.2) is 48.8 Å². The lowest BCUT2D eigenvalue weighted by Gasteiger charge is -1.99. The predicted molar refractivity (Wildman–Crippen MR) is 78.7 cm³/mol. The number of carbonyl (C=O) groups is 1. The Morgan fingerprint density at radius 2 is 1.81 bits per heavy atom. The first-order chi connectivity index (χ1) is 10.2. The lowest BCUT2D eigenvalue weighted by Crippen LogP contribution is -2.12. The molecule has 21 heavy (non-hydrogen) atoms. The molecule has 0 atom stereocenters. The zero-order valence-corrected chi connectivity index (χ0v) is 11.4. The highest BCUT2D eigenvalue weighted by Gasteiger charge is 2.10. The molecule has 0 aliphatic rings. The number of H-pyrrole nitrogens is 1. The molecule has 0 saturated heterocycles. The van der Waals surface area contributed by atoms with Gasteiger partial charge in [-0.3, -0.25) is 20.2 Å². The first-order valence-electron chi connectivity index (χ1n) is 6.43. The molecule has 0 aliphatic heterocycles. The van der Waals surface area contributed by atoms with Gasteiger partial charge in [-0.15, -0.1) is 5.10 Å². The van der Waals surface area contributed by atoms with E-state index in [2.05, 4.69) is 25.5 Å². The molecule has 0 fully saturated rings. The lowest BCUT2D eigenvalue weighted by atomic mass is 10.1. The highest BCUT2D eigenvalue weighted by atomic mass is 16.1. The van der Waals surface area contributed by atoms with Crippen molar-refractivity contribution in [1.29, 1.82) is 0 Å². The van der Waals surface area contributed by atoms with Gasteiger partial charge in [-0.2, -0.15) is 4.98 Å². The third kappa shape index (κ3) is 2.94. The van der Waals surface area contributed by atoms with E-state index in [9.17, 15) is 4.79 Å². The van der Waals surface area contributed by atoms with Crippen LogP contribution in [-0.4, -0.2) is 26.1 Å². The van der Waals surface area contributed by atoms with Gasteiger partial charge in [0.25, 0.3) is 5.91 Å². The van der Waals surface area contributed by atoms with Crippen LogP contribution < -0.4 is 5.32 Å². The first-order valence-corrected chi connectivity index (χ1v) is 6.43. The number of rotatable bonds is 3. The maximum absolute atomic E-state index is 12.0. The van der Waals surface area contributed by atoms with Crippen LogP contribution in [0.2, 0.25) is 0 Å². The zero-order valence-electron chi connectivity index (χ0n) is 11.4. The Kier molecular flexibility index (Phi) is 3.42. The van der Waals surface area contributed by atoms with Gasteiger partial charge in [-0.05, 0) is 19.1 Å². The zero-order chi connectivity index (χ0) is 14.7. The normalized spacial score (nSPS) is 10.3. The van der Waals surface area contributed by atoms with Crippen molar-refractivity contribution < 1.29 is 4.79 Å². The molecule has 0 unspecified atom stereocenters. The third-order valence-corrected chi connectivity index (χ3v) is 2.98. The van der Waals surface area contributed by atoms with Crippen molar-refractivity contribution in [1.82, 2.24) is 20.2 Å². The molecule has 3 aromatic rings. The number of aryl methyl sites for hydroxylation is 1. The average Bonchev–Trinajstić information content (AvgIpc) is 2.97. The van der Waals surface area contributed by atoms with Crippen LogP contribution in [-0.2, 0) is 0 Å². The van der Waals surface area contributed by atoms with Gasteiger partial charge >= 0.3 is 0 Å². The van der Waals surface area contributed by atoms with Crippen molar-refractivity contribution in [2.45, 2.75) is 6.92 Å². The molecule has 1 aromatic carbocycles. The topological polar surface area (TPSA) is 83.6 Å². The highest BCUT2D eigenvalue weighted by molar-refractivity contribution is 6.03. The number of nitrogens with zero attached hydrogens (tertiary/aromatic N) is 3. The smallest absolute Gasteiger partial charge is 0.258 e. The Hall–Kier alpha value is -3.02. The van der Waals surface area contributed by atoms with Gasteiger partial charge in [0.15, 0.2) is 5.82 Å². The van der Waals surface area contributed by atoms with Gasteiger partial charge in [-0.25, -0.2) is 0 Å². The summed E-state index contributed by atoms with van der Waals surface area (Å²) in [6.45, 7) is 2.02. The second-order valence-electron chi connectivity index (χ2n) is 4.56. The van der Waals surface area contributed by atoms with Gasteiger partial charge in [-0.1, -0.05) is 29.8 Å². The van der Waals surface area contributed by atoms with Crippen molar-refractivity contribution >= 4 is 11.9 Å². The average molecular weight is 279 g/mol. The summed E-state index contributed by atoms with van der Waals surface area (Å²) in [5.74, 6) is 0.583. The Bertz CT molecular complexity index is 749. The number of carbonyl (C=O) groups excluding carboxylic acids is 1. The molecule has 2 aromatic heterocycles. The van der Waals surface area contributed by atoms with Crippen LogP contribution in [0.4, 0.5) is 5.95 Å². The standard InChI is InChI=1S/C15H13N5O/c1-10-2-4-11(5-3-10)13-17-15(20-19-13)18-14(21)12-6-8-16-9-7-12/h2-9H,1H3,(H2,17,18,19,20,21). The Balaban J connectivity index is 1.76. The molecule has 6 heteroatoms. The van der Waals surface area contributed by atoms with Crippen molar-refractivity contribution in [3.8, 4) is 11.4 Å². The van der Waals surface area contributed by atoms with Crippen LogP contribution in [0.1, 0.15) is 15.9 Å². The fourth-order valence-electron chi connectivity index (χ4n) is 1.84. The number of aromatic amines is 1. The molecule has 0 bridgehead atoms. The molecule has 3 rings (SSSR count). The number of pyridine rings is 1. The fourth-order valence-corrected chi connectivity index (χ4v) is 1.84. The maximum Gasteiger partial charge on any atom is 0.258 e. The van der Waals surface area contributed by atoms with Gasteiger partial charge in [0, 0.05) is 23.5 Å². The molecule has 0 aliphatic carbocycles. The summed E-state index contributed by atoms with van der Waals surface area (Å²) in [5.41, 5.74) is 2.59. The molecular weight excluding hydrogens is 266 g/mol. The number of aromatic nitrogens is 4. The molecule has 0 radical (unpaired) electrons. The van der Waals surface area contributed by atoms with Crippen LogP contribution in [0.3, 0.4) is 0 Å². The Labute approximate surface area is 121 Å². The number of anilines is 1. The number of hydrogen-bond donors (Lipinski definition) is 2. The second-order valence-corrected chi connectivity index (χ2v) is 4.56. The van der Waals surface area contributed by atoms with E-state index in [0.29, 0.717) is 11.4 Å². The van der Waals surface area contributed by atoms with E-state index in [1.54, 1.807) is 24.5 Å². The summed E-state index contributed by atoms with van der Waals surface area (Å²) < 4.78 is 0. The molecular formula is C15H13N5O. The third-order valence-electron chi connectivity index (χ3n) is 2.98. The molecule has 104 valence electrons. The Morgan fingerprint density at radius 1 is 1.10 bits per heavy atom. The van der Waals surface area contributed by atoms with Gasteiger partial charge in [0.1, 0.15) is 0 Å². The minimum atomic E-state index is -0.271. The summed E-state index contributed by atoms with van der Waals surface area (Å²) in [6, 6.07) is 11.1. The predicted octanol–water partition coefficient (Wildman–Crippen LogP) is 2.43. The summed E-state index contributed by atoms with van der Waals surface area (Å²) in [4.78, 5) is 20.1. The minimum Gasteiger partial charge on any atom is -0.289 e. The van der Waals surface area contributed by atoms with E-state index >= 15 is 0 Å². The SMILES string of the molecule is Cc1ccc(-c2nc(NC(=O)c3ccncc3)n[nH]2)cc1. The van der Waals surface area contributed by atoms with E-state index in [0.717, 1.165) is 5.56 Å². The van der Waals surface area contributed by atoms with Crippen LogP contribution in [0, 0.1) is 6.92 Å². The van der Waals surface area contributed by atoms with Crippen molar-refractivity contribution in [3.63, 3.8) is 0 Å². The first kappa shape index (κ1) is 13.0. The van der Waals surface area contributed by atoms with Crippen molar-refractivity contribution in [3.05, 3.63) is 59.9 Å². The van der Waals surface area contributed by atoms with E-state index in [4.69, 9.17) is 0 Å².